The van der Waals surface area contributed by atoms with Crippen LogP contribution in [0.4, 0.5) is 0 Å². The van der Waals surface area contributed by atoms with Crippen LogP contribution in [0.5, 0.6) is 0 Å². The van der Waals surface area contributed by atoms with Gasteiger partial charge in [-0.1, -0.05) is 0 Å². The van der Waals surface area contributed by atoms with Crippen LogP contribution in [0, 0.1) is 0 Å². The maximum absolute atomic E-state index is 11.8. The molecular formula is C13H25N3O2. The van der Waals surface area contributed by atoms with Gasteiger partial charge < -0.3 is 15.5 Å². The molecule has 1 fully saturated rings. The SMILES string of the molecule is CCN(CC)C(=O)CCNC1CCCNC(=O)C1. The Morgan fingerprint density at radius 2 is 2.17 bits per heavy atom. The molecule has 5 heteroatoms. The zero-order chi connectivity index (χ0) is 13.4. The summed E-state index contributed by atoms with van der Waals surface area (Å²) < 4.78 is 0. The Morgan fingerprint density at radius 3 is 2.83 bits per heavy atom. The molecular weight excluding hydrogens is 230 g/mol. The Labute approximate surface area is 109 Å². The molecule has 0 bridgehead atoms. The van der Waals surface area contributed by atoms with Gasteiger partial charge in [0.15, 0.2) is 0 Å². The Balaban J connectivity index is 2.23. The summed E-state index contributed by atoms with van der Waals surface area (Å²) in [7, 11) is 0. The van der Waals surface area contributed by atoms with Crippen molar-refractivity contribution in [3.8, 4) is 0 Å². The molecule has 1 unspecified atom stereocenters. The first kappa shape index (κ1) is 15.0. The monoisotopic (exact) mass is 255 g/mol. The lowest BCUT2D eigenvalue weighted by Gasteiger charge is -2.20. The topological polar surface area (TPSA) is 61.4 Å². The highest BCUT2D eigenvalue weighted by Crippen LogP contribution is 2.06. The van der Waals surface area contributed by atoms with Gasteiger partial charge in [0.05, 0.1) is 0 Å². The van der Waals surface area contributed by atoms with Crippen LogP contribution in [0.1, 0.15) is 39.5 Å². The van der Waals surface area contributed by atoms with Crippen LogP contribution in [0.2, 0.25) is 0 Å². The van der Waals surface area contributed by atoms with Gasteiger partial charge in [-0.15, -0.1) is 0 Å². The molecule has 0 radical (unpaired) electrons. The molecule has 2 N–H and O–H groups in total. The second kappa shape index (κ2) is 8.08. The van der Waals surface area contributed by atoms with E-state index in [0.717, 1.165) is 32.5 Å². The summed E-state index contributed by atoms with van der Waals surface area (Å²) in [5.74, 6) is 0.297. The number of carbonyl (C=O) groups is 2. The van der Waals surface area contributed by atoms with E-state index in [4.69, 9.17) is 0 Å². The van der Waals surface area contributed by atoms with E-state index in [-0.39, 0.29) is 17.9 Å². The molecule has 1 saturated heterocycles. The number of nitrogens with zero attached hydrogens (tertiary/aromatic N) is 1. The van der Waals surface area contributed by atoms with Crippen LogP contribution < -0.4 is 10.6 Å². The fraction of sp³-hybridized carbons (Fsp3) is 0.846. The Kier molecular flexibility index (Phi) is 6.72. The van der Waals surface area contributed by atoms with E-state index in [1.54, 1.807) is 0 Å². The molecule has 0 aliphatic carbocycles. The van der Waals surface area contributed by atoms with Crippen LogP contribution in [-0.2, 0) is 9.59 Å². The van der Waals surface area contributed by atoms with E-state index in [2.05, 4.69) is 10.6 Å². The Bertz CT molecular complexity index is 277. The Hall–Kier alpha value is -1.10. The van der Waals surface area contributed by atoms with Crippen molar-refractivity contribution >= 4 is 11.8 Å². The van der Waals surface area contributed by atoms with Gasteiger partial charge in [0.1, 0.15) is 0 Å². The lowest BCUT2D eigenvalue weighted by molar-refractivity contribution is -0.130. The predicted octanol–water partition coefficient (Wildman–Crippen LogP) is 0.503. The van der Waals surface area contributed by atoms with Crippen molar-refractivity contribution in [2.24, 2.45) is 0 Å². The lowest BCUT2D eigenvalue weighted by Crippen LogP contribution is -2.37. The van der Waals surface area contributed by atoms with Crippen molar-refractivity contribution < 1.29 is 9.59 Å². The minimum Gasteiger partial charge on any atom is -0.356 e. The van der Waals surface area contributed by atoms with Crippen molar-refractivity contribution in [3.63, 3.8) is 0 Å². The van der Waals surface area contributed by atoms with Crippen molar-refractivity contribution in [2.45, 2.75) is 45.6 Å². The third-order valence-corrected chi connectivity index (χ3v) is 3.37. The van der Waals surface area contributed by atoms with E-state index < -0.39 is 0 Å². The maximum atomic E-state index is 11.8. The van der Waals surface area contributed by atoms with Gasteiger partial charge in [0.25, 0.3) is 0 Å². The molecule has 0 aromatic carbocycles. The first-order valence-corrected chi connectivity index (χ1v) is 6.95. The molecule has 2 amide bonds. The molecule has 1 heterocycles. The number of amides is 2. The predicted molar refractivity (Wildman–Crippen MR) is 71.2 cm³/mol. The lowest BCUT2D eigenvalue weighted by atomic mass is 10.1. The van der Waals surface area contributed by atoms with E-state index in [0.29, 0.717) is 19.4 Å². The van der Waals surface area contributed by atoms with Crippen molar-refractivity contribution in [2.75, 3.05) is 26.2 Å². The van der Waals surface area contributed by atoms with Crippen LogP contribution in [0.3, 0.4) is 0 Å². The van der Waals surface area contributed by atoms with Crippen molar-refractivity contribution in [1.29, 1.82) is 0 Å². The molecule has 1 rings (SSSR count). The van der Waals surface area contributed by atoms with Crippen LogP contribution >= 0.6 is 0 Å². The van der Waals surface area contributed by atoms with Crippen LogP contribution in [0.15, 0.2) is 0 Å². The second-order valence-corrected chi connectivity index (χ2v) is 4.66. The normalized spacial score (nSPS) is 20.1. The molecule has 1 atom stereocenters. The molecule has 1 aliphatic rings. The zero-order valence-corrected chi connectivity index (χ0v) is 11.5. The van der Waals surface area contributed by atoms with Gasteiger partial charge in [-0.05, 0) is 26.7 Å². The summed E-state index contributed by atoms with van der Waals surface area (Å²) in [4.78, 5) is 25.0. The quantitative estimate of drug-likeness (QED) is 0.726. The number of rotatable bonds is 6. The zero-order valence-electron chi connectivity index (χ0n) is 11.5. The average Bonchev–Trinajstić information content (AvgIpc) is 2.55. The number of carbonyl (C=O) groups excluding carboxylic acids is 2. The second-order valence-electron chi connectivity index (χ2n) is 4.66. The fourth-order valence-electron chi connectivity index (χ4n) is 2.27. The third-order valence-electron chi connectivity index (χ3n) is 3.37. The molecule has 5 nitrogen and oxygen atoms in total. The Morgan fingerprint density at radius 1 is 1.44 bits per heavy atom. The van der Waals surface area contributed by atoms with Gasteiger partial charge in [-0.25, -0.2) is 0 Å². The molecule has 0 aromatic heterocycles. The van der Waals surface area contributed by atoms with Crippen molar-refractivity contribution in [1.82, 2.24) is 15.5 Å². The molecule has 104 valence electrons. The smallest absolute Gasteiger partial charge is 0.223 e. The standard InChI is InChI=1S/C13H25N3O2/c1-3-16(4-2)13(18)7-9-14-11-6-5-8-15-12(17)10-11/h11,14H,3-10H2,1-2H3,(H,15,17). The highest BCUT2D eigenvalue weighted by atomic mass is 16.2. The summed E-state index contributed by atoms with van der Waals surface area (Å²) in [6.07, 6.45) is 3.05. The van der Waals surface area contributed by atoms with Gasteiger partial charge in [0, 0.05) is 45.1 Å². The van der Waals surface area contributed by atoms with Gasteiger partial charge in [-0.2, -0.15) is 0 Å². The van der Waals surface area contributed by atoms with Gasteiger partial charge >= 0.3 is 0 Å². The minimum absolute atomic E-state index is 0.111. The van der Waals surface area contributed by atoms with E-state index >= 15 is 0 Å². The highest BCUT2D eigenvalue weighted by molar-refractivity contribution is 5.77. The highest BCUT2D eigenvalue weighted by Gasteiger charge is 2.17. The molecule has 1 aliphatic heterocycles. The first-order chi connectivity index (χ1) is 8.67. The van der Waals surface area contributed by atoms with Crippen LogP contribution in [0.25, 0.3) is 0 Å². The molecule has 0 aromatic rings. The van der Waals surface area contributed by atoms with Crippen LogP contribution in [-0.4, -0.2) is 48.9 Å². The molecule has 18 heavy (non-hydrogen) atoms. The summed E-state index contributed by atoms with van der Waals surface area (Å²) in [5, 5.41) is 6.17. The number of hydrogen-bond donors (Lipinski definition) is 2. The minimum atomic E-state index is 0.111. The number of nitrogens with one attached hydrogen (secondary N) is 2. The van der Waals surface area contributed by atoms with E-state index in [9.17, 15) is 9.59 Å². The summed E-state index contributed by atoms with van der Waals surface area (Å²) in [6.45, 7) is 6.94. The summed E-state index contributed by atoms with van der Waals surface area (Å²) in [5.41, 5.74) is 0. The maximum Gasteiger partial charge on any atom is 0.223 e. The fourth-order valence-corrected chi connectivity index (χ4v) is 2.27. The van der Waals surface area contributed by atoms with Crippen molar-refractivity contribution in [3.05, 3.63) is 0 Å². The average molecular weight is 255 g/mol. The van der Waals surface area contributed by atoms with E-state index in [1.165, 1.54) is 0 Å². The largest absolute Gasteiger partial charge is 0.356 e. The van der Waals surface area contributed by atoms with E-state index in [1.807, 2.05) is 18.7 Å². The molecule has 0 saturated carbocycles. The number of hydrogen-bond acceptors (Lipinski definition) is 3. The summed E-state index contributed by atoms with van der Waals surface area (Å²) >= 11 is 0. The first-order valence-electron chi connectivity index (χ1n) is 6.95. The third kappa shape index (κ3) is 5.04. The van der Waals surface area contributed by atoms with Gasteiger partial charge in [0.2, 0.25) is 11.8 Å². The molecule has 0 spiro atoms. The van der Waals surface area contributed by atoms with Gasteiger partial charge in [-0.3, -0.25) is 9.59 Å². The summed E-state index contributed by atoms with van der Waals surface area (Å²) in [6, 6.07) is 0.219.